The normalized spacial score (nSPS) is 31.2. The number of aliphatic hydroxyl groups excluding tert-OH is 1. The average Bonchev–Trinajstić information content (AvgIpc) is 2.08. The Morgan fingerprint density at radius 3 is 2.44 bits per heavy atom. The standard InChI is InChI=1S/C11H21NO4/c1-7-5-8(9(13)6-16-7)12(10(14)15)11(2,3)4/h7-9,13H,5-6H2,1-4H3,(H,14,15)/t7?,8-,9-/m0/s1. The first-order valence-electron chi connectivity index (χ1n) is 5.55. The van der Waals surface area contributed by atoms with Crippen LogP contribution >= 0.6 is 0 Å². The Balaban J connectivity index is 2.89. The maximum absolute atomic E-state index is 11.3. The molecule has 0 aromatic rings. The molecule has 1 aliphatic rings. The van der Waals surface area contributed by atoms with Crippen LogP contribution in [-0.2, 0) is 4.74 Å². The summed E-state index contributed by atoms with van der Waals surface area (Å²) >= 11 is 0. The lowest BCUT2D eigenvalue weighted by molar-refractivity contribution is -0.104. The predicted molar refractivity (Wildman–Crippen MR) is 59.4 cm³/mol. The van der Waals surface area contributed by atoms with Gasteiger partial charge in [-0.3, -0.25) is 4.90 Å². The van der Waals surface area contributed by atoms with Gasteiger partial charge in [0.1, 0.15) is 0 Å². The molecule has 3 atom stereocenters. The number of ether oxygens (including phenoxy) is 1. The van der Waals surface area contributed by atoms with E-state index in [0.29, 0.717) is 6.42 Å². The highest BCUT2D eigenvalue weighted by Gasteiger charge is 2.40. The third-order valence-corrected chi connectivity index (χ3v) is 2.83. The van der Waals surface area contributed by atoms with Gasteiger partial charge in [-0.2, -0.15) is 0 Å². The third kappa shape index (κ3) is 2.86. The van der Waals surface area contributed by atoms with Gasteiger partial charge in [0.05, 0.1) is 24.9 Å². The Morgan fingerprint density at radius 2 is 2.00 bits per heavy atom. The second-order valence-electron chi connectivity index (χ2n) is 5.34. The van der Waals surface area contributed by atoms with Crippen LogP contribution in [0, 0.1) is 0 Å². The van der Waals surface area contributed by atoms with Crippen LogP contribution in [0.3, 0.4) is 0 Å². The van der Waals surface area contributed by atoms with Crippen molar-refractivity contribution in [2.24, 2.45) is 0 Å². The number of hydrogen-bond donors (Lipinski definition) is 2. The first-order valence-corrected chi connectivity index (χ1v) is 5.55. The summed E-state index contributed by atoms with van der Waals surface area (Å²) in [4.78, 5) is 12.6. The maximum Gasteiger partial charge on any atom is 0.408 e. The van der Waals surface area contributed by atoms with E-state index in [0.717, 1.165) is 0 Å². The fraction of sp³-hybridized carbons (Fsp3) is 0.909. The van der Waals surface area contributed by atoms with Crippen LogP contribution < -0.4 is 0 Å². The molecule has 0 aromatic heterocycles. The fourth-order valence-electron chi connectivity index (χ4n) is 2.14. The smallest absolute Gasteiger partial charge is 0.408 e. The molecule has 0 spiro atoms. The molecule has 1 amide bonds. The van der Waals surface area contributed by atoms with E-state index in [1.54, 1.807) is 0 Å². The zero-order chi connectivity index (χ0) is 12.5. The van der Waals surface area contributed by atoms with E-state index >= 15 is 0 Å². The molecule has 0 saturated carbocycles. The number of aliphatic hydroxyl groups is 1. The molecule has 0 radical (unpaired) electrons. The average molecular weight is 231 g/mol. The molecule has 0 aromatic carbocycles. The van der Waals surface area contributed by atoms with E-state index in [4.69, 9.17) is 4.74 Å². The van der Waals surface area contributed by atoms with Gasteiger partial charge in [0.15, 0.2) is 0 Å². The summed E-state index contributed by atoms with van der Waals surface area (Å²) in [5.74, 6) is 0. The quantitative estimate of drug-likeness (QED) is 0.713. The molecule has 5 nitrogen and oxygen atoms in total. The Labute approximate surface area is 96.0 Å². The highest BCUT2D eigenvalue weighted by molar-refractivity contribution is 5.66. The zero-order valence-corrected chi connectivity index (χ0v) is 10.3. The van der Waals surface area contributed by atoms with Gasteiger partial charge in [-0.25, -0.2) is 4.79 Å². The van der Waals surface area contributed by atoms with Crippen LogP contribution in [-0.4, -0.2) is 51.6 Å². The Morgan fingerprint density at radius 1 is 1.44 bits per heavy atom. The van der Waals surface area contributed by atoms with Crippen LogP contribution in [0.1, 0.15) is 34.1 Å². The van der Waals surface area contributed by atoms with Crippen molar-refractivity contribution < 1.29 is 19.7 Å². The highest BCUT2D eigenvalue weighted by Crippen LogP contribution is 2.26. The molecular weight excluding hydrogens is 210 g/mol. The lowest BCUT2D eigenvalue weighted by Gasteiger charge is -2.44. The van der Waals surface area contributed by atoms with Crippen LogP contribution in [0.4, 0.5) is 4.79 Å². The summed E-state index contributed by atoms with van der Waals surface area (Å²) in [6, 6.07) is -0.388. The molecule has 1 heterocycles. The van der Waals surface area contributed by atoms with Gasteiger partial charge >= 0.3 is 6.09 Å². The van der Waals surface area contributed by atoms with Gasteiger partial charge in [-0.15, -0.1) is 0 Å². The first-order chi connectivity index (χ1) is 7.23. The van der Waals surface area contributed by atoms with E-state index in [1.807, 2.05) is 27.7 Å². The SMILES string of the molecule is CC1C[C@H](N(C(=O)O)C(C)(C)C)[C@@H](O)CO1. The molecule has 16 heavy (non-hydrogen) atoms. The van der Waals surface area contributed by atoms with Crippen molar-refractivity contribution in [3.05, 3.63) is 0 Å². The Bertz CT molecular complexity index is 261. The van der Waals surface area contributed by atoms with E-state index in [1.165, 1.54) is 4.90 Å². The highest BCUT2D eigenvalue weighted by atomic mass is 16.5. The number of amides is 1. The summed E-state index contributed by atoms with van der Waals surface area (Å²) < 4.78 is 5.29. The monoisotopic (exact) mass is 231 g/mol. The van der Waals surface area contributed by atoms with Crippen molar-refractivity contribution in [3.8, 4) is 0 Å². The molecule has 94 valence electrons. The van der Waals surface area contributed by atoms with Crippen molar-refractivity contribution in [1.82, 2.24) is 4.90 Å². The van der Waals surface area contributed by atoms with Crippen LogP contribution in [0.5, 0.6) is 0 Å². The molecule has 0 aliphatic carbocycles. The van der Waals surface area contributed by atoms with E-state index in [-0.39, 0.29) is 18.8 Å². The second-order valence-corrected chi connectivity index (χ2v) is 5.34. The Kier molecular flexibility index (Phi) is 3.80. The molecule has 1 unspecified atom stereocenters. The first kappa shape index (κ1) is 13.3. The number of nitrogens with zero attached hydrogens (tertiary/aromatic N) is 1. The van der Waals surface area contributed by atoms with Crippen LogP contribution in [0.25, 0.3) is 0 Å². The van der Waals surface area contributed by atoms with E-state index in [2.05, 4.69) is 0 Å². The van der Waals surface area contributed by atoms with E-state index < -0.39 is 17.7 Å². The van der Waals surface area contributed by atoms with Crippen molar-refractivity contribution in [2.75, 3.05) is 6.61 Å². The fourth-order valence-corrected chi connectivity index (χ4v) is 2.14. The zero-order valence-electron chi connectivity index (χ0n) is 10.3. The molecule has 0 bridgehead atoms. The van der Waals surface area contributed by atoms with Crippen LogP contribution in [0.2, 0.25) is 0 Å². The summed E-state index contributed by atoms with van der Waals surface area (Å²) in [7, 11) is 0. The lowest BCUT2D eigenvalue weighted by atomic mass is 9.95. The molecule has 5 heteroatoms. The minimum Gasteiger partial charge on any atom is -0.465 e. The number of carbonyl (C=O) groups is 1. The van der Waals surface area contributed by atoms with Gasteiger partial charge in [-0.05, 0) is 34.1 Å². The van der Waals surface area contributed by atoms with E-state index in [9.17, 15) is 15.0 Å². The number of rotatable bonds is 1. The van der Waals surface area contributed by atoms with Gasteiger partial charge < -0.3 is 14.9 Å². The summed E-state index contributed by atoms with van der Waals surface area (Å²) in [5.41, 5.74) is -0.519. The summed E-state index contributed by atoms with van der Waals surface area (Å²) in [6.07, 6.45) is -1.22. The number of hydrogen-bond acceptors (Lipinski definition) is 3. The molecule has 1 saturated heterocycles. The summed E-state index contributed by atoms with van der Waals surface area (Å²) in [5, 5.41) is 19.1. The number of carboxylic acid groups (broad SMARTS) is 1. The van der Waals surface area contributed by atoms with Crippen molar-refractivity contribution in [3.63, 3.8) is 0 Å². The minimum atomic E-state index is -0.995. The maximum atomic E-state index is 11.3. The Hall–Kier alpha value is -0.810. The van der Waals surface area contributed by atoms with Crippen molar-refractivity contribution in [1.29, 1.82) is 0 Å². The topological polar surface area (TPSA) is 70.0 Å². The molecule has 2 N–H and O–H groups in total. The molecule has 1 rings (SSSR count). The lowest BCUT2D eigenvalue weighted by Crippen LogP contribution is -2.59. The molecule has 1 aliphatic heterocycles. The predicted octanol–water partition coefficient (Wildman–Crippen LogP) is 1.30. The minimum absolute atomic E-state index is 0.0161. The van der Waals surface area contributed by atoms with Gasteiger partial charge in [0.2, 0.25) is 0 Å². The van der Waals surface area contributed by atoms with Crippen LogP contribution in [0.15, 0.2) is 0 Å². The summed E-state index contributed by atoms with van der Waals surface area (Å²) in [6.45, 7) is 7.57. The van der Waals surface area contributed by atoms with Gasteiger partial charge in [0, 0.05) is 5.54 Å². The molecule has 1 fully saturated rings. The van der Waals surface area contributed by atoms with Gasteiger partial charge in [-0.1, -0.05) is 0 Å². The van der Waals surface area contributed by atoms with Crippen molar-refractivity contribution >= 4 is 6.09 Å². The van der Waals surface area contributed by atoms with Gasteiger partial charge in [0.25, 0.3) is 0 Å². The largest absolute Gasteiger partial charge is 0.465 e. The third-order valence-electron chi connectivity index (χ3n) is 2.83. The molecular formula is C11H21NO4. The van der Waals surface area contributed by atoms with Crippen molar-refractivity contribution in [2.45, 2.75) is 57.9 Å². The second kappa shape index (κ2) is 4.59.